The van der Waals surface area contributed by atoms with Gasteiger partial charge in [-0.05, 0) is 55.9 Å². The van der Waals surface area contributed by atoms with Crippen LogP contribution in [0.2, 0.25) is 0 Å². The molecule has 1 aliphatic heterocycles. The highest BCUT2D eigenvalue weighted by Crippen LogP contribution is 2.25. The first-order valence-corrected chi connectivity index (χ1v) is 5.11. The molecule has 1 N–H and O–H groups in total. The predicted octanol–water partition coefficient (Wildman–Crippen LogP) is 3.05. The van der Waals surface area contributed by atoms with Crippen molar-refractivity contribution in [2.75, 3.05) is 11.9 Å². The second-order valence-corrected chi connectivity index (χ2v) is 3.99. The van der Waals surface area contributed by atoms with E-state index in [1.807, 2.05) is 0 Å². The third kappa shape index (κ3) is 1.69. The highest BCUT2D eigenvalue weighted by Gasteiger charge is 2.09. The third-order valence-electron chi connectivity index (χ3n) is 2.79. The summed E-state index contributed by atoms with van der Waals surface area (Å²) in [5, 5.41) is 3.51. The van der Waals surface area contributed by atoms with E-state index in [1.54, 1.807) is 0 Å². The predicted molar refractivity (Wildman–Crippen MR) is 57.3 cm³/mol. The van der Waals surface area contributed by atoms with Crippen LogP contribution in [0.25, 0.3) is 0 Å². The molecule has 1 heterocycles. The number of hydrogen-bond acceptors (Lipinski definition) is 1. The van der Waals surface area contributed by atoms with Crippen LogP contribution < -0.4 is 5.32 Å². The topological polar surface area (TPSA) is 12.0 Å². The molecule has 0 saturated heterocycles. The van der Waals surface area contributed by atoms with Crippen LogP contribution in [0.1, 0.15) is 29.5 Å². The van der Waals surface area contributed by atoms with Crippen molar-refractivity contribution in [3.05, 3.63) is 28.8 Å². The SMILES string of the molecule is Cc1cc(C)c2c(c1)NCCCC2. The van der Waals surface area contributed by atoms with E-state index < -0.39 is 0 Å². The standard InChI is InChI=1S/C12H17N/c1-9-7-10(2)11-5-3-4-6-13-12(11)8-9/h7-8,13H,3-6H2,1-2H3. The Morgan fingerprint density at radius 2 is 2.00 bits per heavy atom. The molecule has 0 spiro atoms. The van der Waals surface area contributed by atoms with E-state index in [9.17, 15) is 0 Å². The van der Waals surface area contributed by atoms with Gasteiger partial charge in [-0.15, -0.1) is 0 Å². The van der Waals surface area contributed by atoms with Crippen LogP contribution in [-0.4, -0.2) is 6.54 Å². The monoisotopic (exact) mass is 175 g/mol. The normalized spacial score (nSPS) is 15.8. The first-order chi connectivity index (χ1) is 6.27. The second kappa shape index (κ2) is 3.41. The van der Waals surface area contributed by atoms with Gasteiger partial charge in [0, 0.05) is 12.2 Å². The van der Waals surface area contributed by atoms with Crippen LogP contribution in [0, 0.1) is 13.8 Å². The Hall–Kier alpha value is -0.980. The summed E-state index contributed by atoms with van der Waals surface area (Å²) in [5.41, 5.74) is 5.72. The maximum Gasteiger partial charge on any atom is 0.0378 e. The molecular formula is C12H17N. The Balaban J connectivity index is 2.47. The Morgan fingerprint density at radius 3 is 2.85 bits per heavy atom. The number of anilines is 1. The van der Waals surface area contributed by atoms with Gasteiger partial charge in [0.05, 0.1) is 0 Å². The quantitative estimate of drug-likeness (QED) is 0.639. The van der Waals surface area contributed by atoms with Gasteiger partial charge in [-0.2, -0.15) is 0 Å². The average molecular weight is 175 g/mol. The first-order valence-electron chi connectivity index (χ1n) is 5.11. The fourth-order valence-corrected chi connectivity index (χ4v) is 2.14. The van der Waals surface area contributed by atoms with Gasteiger partial charge in [0.25, 0.3) is 0 Å². The molecule has 1 heteroatoms. The molecule has 0 bridgehead atoms. The van der Waals surface area contributed by atoms with Gasteiger partial charge >= 0.3 is 0 Å². The molecule has 0 saturated carbocycles. The van der Waals surface area contributed by atoms with Crippen molar-refractivity contribution < 1.29 is 0 Å². The van der Waals surface area contributed by atoms with Crippen molar-refractivity contribution in [3.8, 4) is 0 Å². The number of aryl methyl sites for hydroxylation is 2. The van der Waals surface area contributed by atoms with E-state index in [2.05, 4.69) is 31.3 Å². The summed E-state index contributed by atoms with van der Waals surface area (Å²) in [7, 11) is 0. The number of hydrogen-bond donors (Lipinski definition) is 1. The van der Waals surface area contributed by atoms with Crippen molar-refractivity contribution in [2.24, 2.45) is 0 Å². The fraction of sp³-hybridized carbons (Fsp3) is 0.500. The van der Waals surface area contributed by atoms with Crippen LogP contribution in [0.3, 0.4) is 0 Å². The molecule has 13 heavy (non-hydrogen) atoms. The summed E-state index contributed by atoms with van der Waals surface area (Å²) < 4.78 is 0. The first kappa shape index (κ1) is 8.61. The molecule has 1 aromatic carbocycles. The Bertz CT molecular complexity index is 315. The van der Waals surface area contributed by atoms with E-state index in [-0.39, 0.29) is 0 Å². The summed E-state index contributed by atoms with van der Waals surface area (Å²) in [6, 6.07) is 4.56. The Kier molecular flexibility index (Phi) is 2.26. The van der Waals surface area contributed by atoms with Gasteiger partial charge in [0.2, 0.25) is 0 Å². The van der Waals surface area contributed by atoms with Crippen molar-refractivity contribution in [3.63, 3.8) is 0 Å². The van der Waals surface area contributed by atoms with Crippen molar-refractivity contribution in [1.29, 1.82) is 0 Å². The minimum absolute atomic E-state index is 1.13. The highest BCUT2D eigenvalue weighted by atomic mass is 14.9. The van der Waals surface area contributed by atoms with Crippen molar-refractivity contribution in [1.82, 2.24) is 0 Å². The largest absolute Gasteiger partial charge is 0.385 e. The van der Waals surface area contributed by atoms with E-state index in [1.165, 1.54) is 41.6 Å². The van der Waals surface area contributed by atoms with Gasteiger partial charge in [0.15, 0.2) is 0 Å². The van der Waals surface area contributed by atoms with E-state index in [0.29, 0.717) is 0 Å². The van der Waals surface area contributed by atoms with Gasteiger partial charge < -0.3 is 5.32 Å². The van der Waals surface area contributed by atoms with E-state index >= 15 is 0 Å². The van der Waals surface area contributed by atoms with Gasteiger partial charge in [-0.1, -0.05) is 6.07 Å². The molecule has 0 unspecified atom stereocenters. The average Bonchev–Trinajstić information content (AvgIpc) is 2.28. The van der Waals surface area contributed by atoms with Crippen molar-refractivity contribution >= 4 is 5.69 Å². The minimum Gasteiger partial charge on any atom is -0.385 e. The molecule has 70 valence electrons. The van der Waals surface area contributed by atoms with Crippen LogP contribution in [0.15, 0.2) is 12.1 Å². The maximum absolute atomic E-state index is 3.51. The fourth-order valence-electron chi connectivity index (χ4n) is 2.14. The van der Waals surface area contributed by atoms with Crippen LogP contribution in [-0.2, 0) is 6.42 Å². The summed E-state index contributed by atoms with van der Waals surface area (Å²) in [6.07, 6.45) is 3.87. The summed E-state index contributed by atoms with van der Waals surface area (Å²) >= 11 is 0. The molecule has 1 aliphatic rings. The number of nitrogens with one attached hydrogen (secondary N) is 1. The lowest BCUT2D eigenvalue weighted by molar-refractivity contribution is 0.783. The molecule has 1 nitrogen and oxygen atoms in total. The lowest BCUT2D eigenvalue weighted by Crippen LogP contribution is -2.00. The lowest BCUT2D eigenvalue weighted by Gasteiger charge is -2.11. The smallest absolute Gasteiger partial charge is 0.0378 e. The van der Waals surface area contributed by atoms with Gasteiger partial charge in [-0.3, -0.25) is 0 Å². The highest BCUT2D eigenvalue weighted by molar-refractivity contribution is 5.57. The van der Waals surface area contributed by atoms with E-state index in [4.69, 9.17) is 0 Å². The molecule has 0 aliphatic carbocycles. The van der Waals surface area contributed by atoms with Crippen LogP contribution in [0.5, 0.6) is 0 Å². The second-order valence-electron chi connectivity index (χ2n) is 3.99. The third-order valence-corrected chi connectivity index (χ3v) is 2.79. The number of benzene rings is 1. The lowest BCUT2D eigenvalue weighted by atomic mass is 10.00. The Labute approximate surface area is 80.2 Å². The minimum atomic E-state index is 1.13. The van der Waals surface area contributed by atoms with Crippen molar-refractivity contribution in [2.45, 2.75) is 33.1 Å². The molecule has 0 amide bonds. The van der Waals surface area contributed by atoms with Gasteiger partial charge in [0.1, 0.15) is 0 Å². The molecule has 2 rings (SSSR count). The molecule has 0 aromatic heterocycles. The van der Waals surface area contributed by atoms with E-state index in [0.717, 1.165) is 6.54 Å². The molecule has 0 fully saturated rings. The van der Waals surface area contributed by atoms with Crippen LogP contribution in [0.4, 0.5) is 5.69 Å². The van der Waals surface area contributed by atoms with Gasteiger partial charge in [-0.25, -0.2) is 0 Å². The number of rotatable bonds is 0. The molecular weight excluding hydrogens is 158 g/mol. The van der Waals surface area contributed by atoms with Crippen LogP contribution >= 0.6 is 0 Å². The molecule has 0 atom stereocenters. The Morgan fingerprint density at radius 1 is 1.15 bits per heavy atom. The summed E-state index contributed by atoms with van der Waals surface area (Å²) in [5.74, 6) is 0. The maximum atomic E-state index is 3.51. The molecule has 1 aromatic rings. The zero-order chi connectivity index (χ0) is 9.26. The zero-order valence-electron chi connectivity index (χ0n) is 8.48. The zero-order valence-corrected chi connectivity index (χ0v) is 8.48. The summed E-state index contributed by atoms with van der Waals surface area (Å²) in [6.45, 7) is 5.52. The summed E-state index contributed by atoms with van der Waals surface area (Å²) in [4.78, 5) is 0. The molecule has 0 radical (unpaired) electrons. The number of fused-ring (bicyclic) bond motifs is 1.